The van der Waals surface area contributed by atoms with Crippen LogP contribution >= 0.6 is 0 Å². The maximum Gasteiger partial charge on any atom is 0.341 e. The maximum absolute atomic E-state index is 13.5. The van der Waals surface area contributed by atoms with Gasteiger partial charge in [-0.1, -0.05) is 31.4 Å². The molecule has 23 heavy (non-hydrogen) atoms. The van der Waals surface area contributed by atoms with Gasteiger partial charge in [0, 0.05) is 7.05 Å². The molecule has 0 unspecified atom stereocenters. The van der Waals surface area contributed by atoms with Crippen molar-refractivity contribution < 1.29 is 18.7 Å². The number of esters is 1. The highest BCUT2D eigenvalue weighted by atomic mass is 19.1. The monoisotopic (exact) mass is 318 g/mol. The van der Waals surface area contributed by atoms with E-state index in [2.05, 4.69) is 6.07 Å². The number of carbonyl (C=O) groups is 2. The first-order valence-electron chi connectivity index (χ1n) is 7.60. The summed E-state index contributed by atoms with van der Waals surface area (Å²) in [6.07, 6.45) is 4.06. The molecule has 0 heterocycles. The summed E-state index contributed by atoms with van der Waals surface area (Å²) < 4.78 is 18.4. The second-order valence-electron chi connectivity index (χ2n) is 5.71. The lowest BCUT2D eigenvalue weighted by Gasteiger charge is -2.38. The average molecular weight is 318 g/mol. The van der Waals surface area contributed by atoms with E-state index in [1.54, 1.807) is 7.05 Å². The number of rotatable bonds is 4. The zero-order valence-electron chi connectivity index (χ0n) is 13.0. The van der Waals surface area contributed by atoms with Crippen LogP contribution in [0.15, 0.2) is 24.3 Å². The molecule has 5 nitrogen and oxygen atoms in total. The highest BCUT2D eigenvalue weighted by Crippen LogP contribution is 2.32. The number of amides is 1. The van der Waals surface area contributed by atoms with Gasteiger partial charge in [-0.25, -0.2) is 9.18 Å². The summed E-state index contributed by atoms with van der Waals surface area (Å²) in [6, 6.07) is 7.65. The second kappa shape index (κ2) is 7.23. The summed E-state index contributed by atoms with van der Waals surface area (Å²) in [5, 5.41) is 9.45. The lowest BCUT2D eigenvalue weighted by molar-refractivity contribution is -0.138. The molecule has 0 atom stereocenters. The first kappa shape index (κ1) is 16.9. The smallest absolute Gasteiger partial charge is 0.341 e. The maximum atomic E-state index is 13.5. The Kier molecular flexibility index (Phi) is 5.32. The van der Waals surface area contributed by atoms with Gasteiger partial charge in [0.05, 0.1) is 11.6 Å². The van der Waals surface area contributed by atoms with Crippen LogP contribution in [0.1, 0.15) is 42.5 Å². The topological polar surface area (TPSA) is 70.4 Å². The minimum Gasteiger partial charge on any atom is -0.452 e. The Morgan fingerprint density at radius 2 is 1.96 bits per heavy atom. The van der Waals surface area contributed by atoms with Gasteiger partial charge in [0.2, 0.25) is 0 Å². The number of benzene rings is 1. The molecular weight excluding hydrogens is 299 g/mol. The zero-order valence-corrected chi connectivity index (χ0v) is 13.0. The van der Waals surface area contributed by atoms with E-state index in [0.717, 1.165) is 25.3 Å². The molecule has 0 aromatic heterocycles. The molecule has 1 aromatic rings. The Morgan fingerprint density at radius 1 is 1.30 bits per heavy atom. The Labute approximate surface area is 134 Å². The molecule has 0 spiro atoms. The van der Waals surface area contributed by atoms with E-state index in [9.17, 15) is 19.2 Å². The zero-order chi connectivity index (χ0) is 16.9. The molecule has 0 N–H and O–H groups in total. The van der Waals surface area contributed by atoms with Crippen molar-refractivity contribution >= 4 is 11.9 Å². The molecule has 1 aliphatic rings. The number of halogens is 1. The van der Waals surface area contributed by atoms with Crippen molar-refractivity contribution in [1.82, 2.24) is 4.90 Å². The molecule has 0 aliphatic heterocycles. The van der Waals surface area contributed by atoms with Crippen LogP contribution in [0, 0.1) is 17.1 Å². The normalized spacial score (nSPS) is 16.2. The fraction of sp³-hybridized carbons (Fsp3) is 0.471. The number of likely N-dealkylation sites (N-methyl/N-ethyl adjacent to an activating group) is 1. The van der Waals surface area contributed by atoms with E-state index in [1.165, 1.54) is 23.1 Å². The summed E-state index contributed by atoms with van der Waals surface area (Å²) in [5.41, 5.74) is -1.05. The number of hydrogen-bond acceptors (Lipinski definition) is 4. The van der Waals surface area contributed by atoms with Gasteiger partial charge in [0.15, 0.2) is 6.61 Å². The number of ether oxygens (including phenoxy) is 1. The number of hydrogen-bond donors (Lipinski definition) is 0. The van der Waals surface area contributed by atoms with Crippen LogP contribution in [0.25, 0.3) is 0 Å². The molecule has 6 heteroatoms. The molecule has 122 valence electrons. The van der Waals surface area contributed by atoms with Crippen LogP contribution < -0.4 is 0 Å². The van der Waals surface area contributed by atoms with Crippen molar-refractivity contribution in [3.8, 4) is 6.07 Å². The summed E-state index contributed by atoms with van der Waals surface area (Å²) in [6.45, 7) is -0.507. The highest BCUT2D eigenvalue weighted by Gasteiger charge is 2.39. The Balaban J connectivity index is 1.98. The van der Waals surface area contributed by atoms with Crippen molar-refractivity contribution in [3.63, 3.8) is 0 Å². The first-order chi connectivity index (χ1) is 11.0. The number of carbonyl (C=O) groups excluding carboxylic acids is 2. The van der Waals surface area contributed by atoms with Crippen LogP contribution in [0.3, 0.4) is 0 Å². The van der Waals surface area contributed by atoms with Gasteiger partial charge in [-0.15, -0.1) is 0 Å². The summed E-state index contributed by atoms with van der Waals surface area (Å²) in [5.74, 6) is -2.04. The van der Waals surface area contributed by atoms with E-state index in [1.807, 2.05) is 0 Å². The predicted molar refractivity (Wildman–Crippen MR) is 80.9 cm³/mol. The number of nitriles is 1. The SMILES string of the molecule is CN(C(=O)COC(=O)c1ccccc1F)C1(C#N)CCCCC1. The van der Waals surface area contributed by atoms with Gasteiger partial charge >= 0.3 is 5.97 Å². The van der Waals surface area contributed by atoms with E-state index in [-0.39, 0.29) is 5.56 Å². The third-order valence-corrected chi connectivity index (χ3v) is 4.33. The minimum atomic E-state index is -0.889. The fourth-order valence-electron chi connectivity index (χ4n) is 2.83. The van der Waals surface area contributed by atoms with Crippen LogP contribution in [-0.4, -0.2) is 36.0 Å². The third-order valence-electron chi connectivity index (χ3n) is 4.33. The van der Waals surface area contributed by atoms with Crippen LogP contribution in [0.2, 0.25) is 0 Å². The molecule has 0 bridgehead atoms. The second-order valence-corrected chi connectivity index (χ2v) is 5.71. The molecule has 1 fully saturated rings. The van der Waals surface area contributed by atoms with E-state index >= 15 is 0 Å². The van der Waals surface area contributed by atoms with Gasteiger partial charge < -0.3 is 9.64 Å². The minimum absolute atomic E-state index is 0.212. The molecule has 2 rings (SSSR count). The lowest BCUT2D eigenvalue weighted by atomic mass is 9.81. The fourth-order valence-corrected chi connectivity index (χ4v) is 2.83. The van der Waals surface area contributed by atoms with Gasteiger partial charge in [-0.2, -0.15) is 5.26 Å². The van der Waals surface area contributed by atoms with Gasteiger partial charge in [-0.3, -0.25) is 4.79 Å². The average Bonchev–Trinajstić information content (AvgIpc) is 2.59. The van der Waals surface area contributed by atoms with Crippen molar-refractivity contribution in [3.05, 3.63) is 35.6 Å². The van der Waals surface area contributed by atoms with E-state index < -0.39 is 29.8 Å². The quantitative estimate of drug-likeness (QED) is 0.800. The molecule has 0 radical (unpaired) electrons. The molecular formula is C17H19FN2O3. The van der Waals surface area contributed by atoms with E-state index in [0.29, 0.717) is 12.8 Å². The first-order valence-corrected chi connectivity index (χ1v) is 7.60. The van der Waals surface area contributed by atoms with Crippen molar-refractivity contribution in [1.29, 1.82) is 5.26 Å². The molecule has 1 aromatic carbocycles. The van der Waals surface area contributed by atoms with Crippen LogP contribution in [0.4, 0.5) is 4.39 Å². The highest BCUT2D eigenvalue weighted by molar-refractivity contribution is 5.91. The standard InChI is InChI=1S/C17H19FN2O3/c1-20(17(12-19)9-5-2-6-10-17)15(21)11-23-16(22)13-7-3-4-8-14(13)18/h3-4,7-8H,2,5-6,9-11H2,1H3. The Bertz CT molecular complexity index is 633. The van der Waals surface area contributed by atoms with Crippen molar-refractivity contribution in [2.24, 2.45) is 0 Å². The Morgan fingerprint density at radius 3 is 2.57 bits per heavy atom. The number of nitrogens with zero attached hydrogens (tertiary/aromatic N) is 2. The Hall–Kier alpha value is -2.42. The third kappa shape index (κ3) is 3.67. The van der Waals surface area contributed by atoms with Crippen LogP contribution in [-0.2, 0) is 9.53 Å². The predicted octanol–water partition coefficient (Wildman–Crippen LogP) is 2.67. The summed E-state index contributed by atoms with van der Waals surface area (Å²) >= 11 is 0. The summed E-state index contributed by atoms with van der Waals surface area (Å²) in [7, 11) is 1.55. The summed E-state index contributed by atoms with van der Waals surface area (Å²) in [4.78, 5) is 25.4. The molecule has 1 aliphatic carbocycles. The molecule has 1 amide bonds. The van der Waals surface area contributed by atoms with Gasteiger partial charge in [0.25, 0.3) is 5.91 Å². The molecule has 0 saturated heterocycles. The van der Waals surface area contributed by atoms with E-state index in [4.69, 9.17) is 4.74 Å². The lowest BCUT2D eigenvalue weighted by Crippen LogP contribution is -2.51. The van der Waals surface area contributed by atoms with Gasteiger partial charge in [0.1, 0.15) is 11.4 Å². The molecule has 1 saturated carbocycles. The van der Waals surface area contributed by atoms with Crippen LogP contribution in [0.5, 0.6) is 0 Å². The largest absolute Gasteiger partial charge is 0.452 e. The van der Waals surface area contributed by atoms with Crippen molar-refractivity contribution in [2.45, 2.75) is 37.6 Å². The van der Waals surface area contributed by atoms with Gasteiger partial charge in [-0.05, 0) is 25.0 Å². The van der Waals surface area contributed by atoms with Crippen molar-refractivity contribution in [2.75, 3.05) is 13.7 Å².